The van der Waals surface area contributed by atoms with E-state index in [1.807, 2.05) is 18.2 Å². The molecule has 0 aromatic heterocycles. The minimum atomic E-state index is -0.0592. The Hall–Kier alpha value is -1.35. The average molecular weight is 247 g/mol. The highest BCUT2D eigenvalue weighted by Gasteiger charge is 2.28. The van der Waals surface area contributed by atoms with Crippen LogP contribution >= 0.6 is 0 Å². The topological polar surface area (TPSA) is 52.3 Å². The fourth-order valence-corrected chi connectivity index (χ4v) is 2.44. The maximum absolute atomic E-state index is 11.7. The van der Waals surface area contributed by atoms with Gasteiger partial charge in [0.2, 0.25) is 0 Å². The van der Waals surface area contributed by atoms with Gasteiger partial charge in [-0.1, -0.05) is 30.3 Å². The second-order valence-corrected chi connectivity index (χ2v) is 5.03. The standard InChI is InChI=1S/C15H21NO2/c16-14-9-8-13(11-14)15(17)18-10-4-7-12-5-2-1-3-6-12/h1-3,5-6,13-14H,4,7-11,16H2. The highest BCUT2D eigenvalue weighted by atomic mass is 16.5. The third-order valence-corrected chi connectivity index (χ3v) is 3.50. The quantitative estimate of drug-likeness (QED) is 0.641. The molecule has 2 unspecified atom stereocenters. The van der Waals surface area contributed by atoms with Crippen molar-refractivity contribution in [3.05, 3.63) is 35.9 Å². The Kier molecular flexibility index (Phi) is 4.76. The Balaban J connectivity index is 1.62. The predicted molar refractivity (Wildman–Crippen MR) is 71.0 cm³/mol. The van der Waals surface area contributed by atoms with Gasteiger partial charge in [-0.3, -0.25) is 4.79 Å². The smallest absolute Gasteiger partial charge is 0.308 e. The number of carbonyl (C=O) groups excluding carboxylic acids is 1. The molecule has 3 nitrogen and oxygen atoms in total. The predicted octanol–water partition coefficient (Wildman–Crippen LogP) is 2.29. The van der Waals surface area contributed by atoms with Gasteiger partial charge in [-0.05, 0) is 37.7 Å². The highest BCUT2D eigenvalue weighted by molar-refractivity contribution is 5.72. The molecule has 1 aromatic carbocycles. The summed E-state index contributed by atoms with van der Waals surface area (Å²) in [6, 6.07) is 10.4. The summed E-state index contributed by atoms with van der Waals surface area (Å²) in [5.41, 5.74) is 7.07. The van der Waals surface area contributed by atoms with E-state index in [1.54, 1.807) is 0 Å². The van der Waals surface area contributed by atoms with Gasteiger partial charge in [0.15, 0.2) is 0 Å². The number of ether oxygens (including phenoxy) is 1. The first-order valence-electron chi connectivity index (χ1n) is 6.72. The molecule has 1 saturated carbocycles. The Morgan fingerprint density at radius 2 is 2.06 bits per heavy atom. The molecule has 98 valence electrons. The van der Waals surface area contributed by atoms with E-state index >= 15 is 0 Å². The lowest BCUT2D eigenvalue weighted by Crippen LogP contribution is -2.20. The SMILES string of the molecule is NC1CCC(C(=O)OCCCc2ccccc2)C1. The monoisotopic (exact) mass is 247 g/mol. The van der Waals surface area contributed by atoms with Gasteiger partial charge in [-0.25, -0.2) is 0 Å². The number of rotatable bonds is 5. The van der Waals surface area contributed by atoms with Crippen LogP contribution < -0.4 is 5.73 Å². The molecule has 0 heterocycles. The fourth-order valence-electron chi connectivity index (χ4n) is 2.44. The van der Waals surface area contributed by atoms with Gasteiger partial charge in [0.05, 0.1) is 12.5 Å². The summed E-state index contributed by atoms with van der Waals surface area (Å²) in [6.45, 7) is 0.513. The normalized spacial score (nSPS) is 22.9. The Labute approximate surface area is 108 Å². The molecule has 0 spiro atoms. The number of aryl methyl sites for hydroxylation is 1. The molecule has 0 amide bonds. The highest BCUT2D eigenvalue weighted by Crippen LogP contribution is 2.25. The first-order chi connectivity index (χ1) is 8.75. The summed E-state index contributed by atoms with van der Waals surface area (Å²) in [6.07, 6.45) is 4.47. The number of carbonyl (C=O) groups is 1. The second-order valence-electron chi connectivity index (χ2n) is 5.03. The van der Waals surface area contributed by atoms with Crippen molar-refractivity contribution in [2.75, 3.05) is 6.61 Å². The van der Waals surface area contributed by atoms with E-state index in [-0.39, 0.29) is 17.9 Å². The van der Waals surface area contributed by atoms with Crippen LogP contribution in [0.5, 0.6) is 0 Å². The molecule has 0 saturated heterocycles. The van der Waals surface area contributed by atoms with E-state index in [0.29, 0.717) is 6.61 Å². The second kappa shape index (κ2) is 6.55. The van der Waals surface area contributed by atoms with E-state index in [0.717, 1.165) is 32.1 Å². The molecular weight excluding hydrogens is 226 g/mol. The zero-order valence-corrected chi connectivity index (χ0v) is 10.7. The zero-order chi connectivity index (χ0) is 12.8. The van der Waals surface area contributed by atoms with E-state index in [4.69, 9.17) is 10.5 Å². The van der Waals surface area contributed by atoms with Crippen LogP contribution in [0.1, 0.15) is 31.2 Å². The van der Waals surface area contributed by atoms with Crippen molar-refractivity contribution in [2.24, 2.45) is 11.7 Å². The van der Waals surface area contributed by atoms with Crippen LogP contribution in [0.2, 0.25) is 0 Å². The van der Waals surface area contributed by atoms with Crippen molar-refractivity contribution < 1.29 is 9.53 Å². The van der Waals surface area contributed by atoms with Crippen molar-refractivity contribution in [2.45, 2.75) is 38.1 Å². The molecule has 1 aromatic rings. The molecule has 2 atom stereocenters. The number of hydrogen-bond donors (Lipinski definition) is 1. The van der Waals surface area contributed by atoms with E-state index in [9.17, 15) is 4.79 Å². The molecule has 3 heteroatoms. The van der Waals surface area contributed by atoms with E-state index < -0.39 is 0 Å². The molecule has 0 bridgehead atoms. The average Bonchev–Trinajstić information content (AvgIpc) is 2.82. The lowest BCUT2D eigenvalue weighted by molar-refractivity contribution is -0.148. The third-order valence-electron chi connectivity index (χ3n) is 3.50. The van der Waals surface area contributed by atoms with Gasteiger partial charge in [-0.2, -0.15) is 0 Å². The number of benzene rings is 1. The molecule has 18 heavy (non-hydrogen) atoms. The van der Waals surface area contributed by atoms with Crippen molar-refractivity contribution in [1.82, 2.24) is 0 Å². The van der Waals surface area contributed by atoms with Crippen molar-refractivity contribution >= 4 is 5.97 Å². The van der Waals surface area contributed by atoms with Crippen LogP contribution in [0.4, 0.5) is 0 Å². The van der Waals surface area contributed by atoms with Crippen LogP contribution in [0.25, 0.3) is 0 Å². The Morgan fingerprint density at radius 3 is 2.72 bits per heavy atom. The van der Waals surface area contributed by atoms with Gasteiger partial charge in [0, 0.05) is 6.04 Å². The molecule has 2 N–H and O–H groups in total. The van der Waals surface area contributed by atoms with Crippen molar-refractivity contribution in [3.8, 4) is 0 Å². The maximum Gasteiger partial charge on any atom is 0.308 e. The molecule has 1 aliphatic rings. The number of nitrogens with two attached hydrogens (primary N) is 1. The van der Waals surface area contributed by atoms with Gasteiger partial charge in [0.25, 0.3) is 0 Å². The van der Waals surface area contributed by atoms with Crippen LogP contribution in [0.15, 0.2) is 30.3 Å². The van der Waals surface area contributed by atoms with Crippen LogP contribution in [0, 0.1) is 5.92 Å². The first kappa shape index (κ1) is 13.1. The lowest BCUT2D eigenvalue weighted by Gasteiger charge is -2.09. The van der Waals surface area contributed by atoms with Crippen molar-refractivity contribution in [1.29, 1.82) is 0 Å². The first-order valence-corrected chi connectivity index (χ1v) is 6.72. The minimum absolute atomic E-state index is 0.0386. The summed E-state index contributed by atoms with van der Waals surface area (Å²) < 4.78 is 5.30. The van der Waals surface area contributed by atoms with Crippen molar-refractivity contribution in [3.63, 3.8) is 0 Å². The summed E-state index contributed by atoms with van der Waals surface area (Å²) in [7, 11) is 0. The largest absolute Gasteiger partial charge is 0.465 e. The lowest BCUT2D eigenvalue weighted by atomic mass is 10.1. The van der Waals surface area contributed by atoms with Gasteiger partial charge < -0.3 is 10.5 Å². The summed E-state index contributed by atoms with van der Waals surface area (Å²) in [5.74, 6) is -0.0206. The molecule has 1 fully saturated rings. The minimum Gasteiger partial charge on any atom is -0.465 e. The van der Waals surface area contributed by atoms with E-state index in [2.05, 4.69) is 12.1 Å². The number of esters is 1. The third kappa shape index (κ3) is 3.84. The summed E-state index contributed by atoms with van der Waals surface area (Å²) in [4.78, 5) is 11.7. The van der Waals surface area contributed by atoms with Gasteiger partial charge in [-0.15, -0.1) is 0 Å². The zero-order valence-electron chi connectivity index (χ0n) is 10.7. The molecule has 2 rings (SSSR count). The van der Waals surface area contributed by atoms with Crippen LogP contribution in [-0.2, 0) is 16.0 Å². The summed E-state index contributed by atoms with van der Waals surface area (Å²) in [5, 5.41) is 0. The molecule has 0 aliphatic heterocycles. The molecular formula is C15H21NO2. The van der Waals surface area contributed by atoms with Crippen LogP contribution in [-0.4, -0.2) is 18.6 Å². The van der Waals surface area contributed by atoms with Gasteiger partial charge >= 0.3 is 5.97 Å². The number of hydrogen-bond acceptors (Lipinski definition) is 3. The Morgan fingerprint density at radius 1 is 1.28 bits per heavy atom. The molecule has 1 aliphatic carbocycles. The summed E-state index contributed by atoms with van der Waals surface area (Å²) >= 11 is 0. The maximum atomic E-state index is 11.7. The van der Waals surface area contributed by atoms with Crippen LogP contribution in [0.3, 0.4) is 0 Å². The fraction of sp³-hybridized carbons (Fsp3) is 0.533. The van der Waals surface area contributed by atoms with Gasteiger partial charge in [0.1, 0.15) is 0 Å². The molecule has 0 radical (unpaired) electrons. The van der Waals surface area contributed by atoms with E-state index in [1.165, 1.54) is 5.56 Å². The Bertz CT molecular complexity index is 377.